The summed E-state index contributed by atoms with van der Waals surface area (Å²) in [7, 11) is 0. The topological polar surface area (TPSA) is 18.5 Å². The molecule has 1 rings (SSSR count). The Morgan fingerprint density at radius 1 is 1.06 bits per heavy atom. The molecule has 16 heavy (non-hydrogen) atoms. The lowest BCUT2D eigenvalue weighted by Crippen LogP contribution is -1.95. The van der Waals surface area contributed by atoms with Crippen LogP contribution in [0.3, 0.4) is 0 Å². The van der Waals surface area contributed by atoms with E-state index in [2.05, 4.69) is 4.74 Å². The van der Waals surface area contributed by atoms with Gasteiger partial charge in [0.1, 0.15) is 11.5 Å². The van der Waals surface area contributed by atoms with Crippen molar-refractivity contribution in [3.8, 4) is 11.5 Å². The molecular weight excluding hydrogens is 221 g/mol. The molecule has 0 amide bonds. The third-order valence-corrected chi connectivity index (χ3v) is 1.65. The zero-order valence-corrected chi connectivity index (χ0v) is 8.67. The molecule has 0 spiro atoms. The van der Waals surface area contributed by atoms with Gasteiger partial charge in [-0.25, -0.2) is 0 Å². The minimum absolute atomic E-state index is 0.00542. The Labute approximate surface area is 91.3 Å². The number of hydrogen-bond acceptors (Lipinski definition) is 2. The van der Waals surface area contributed by atoms with Gasteiger partial charge in [0.25, 0.3) is 0 Å². The largest absolute Gasteiger partial charge is 0.494 e. The zero-order valence-electron chi connectivity index (χ0n) is 8.67. The molecule has 0 saturated carbocycles. The lowest BCUT2D eigenvalue weighted by atomic mass is 10.3. The summed E-state index contributed by atoms with van der Waals surface area (Å²) in [4.78, 5) is 0. The average molecular weight is 232 g/mol. The van der Waals surface area contributed by atoms with Crippen molar-refractivity contribution >= 4 is 0 Å². The highest BCUT2D eigenvalue weighted by Crippen LogP contribution is 2.21. The fraction of sp³-hybridized carbons (Fsp3) is 0.273. The molecule has 0 aromatic heterocycles. The summed E-state index contributed by atoms with van der Waals surface area (Å²) >= 11 is 0. The van der Waals surface area contributed by atoms with Crippen molar-refractivity contribution < 1.29 is 22.6 Å². The van der Waals surface area contributed by atoms with Crippen molar-refractivity contribution in [2.45, 2.75) is 13.3 Å². The van der Waals surface area contributed by atoms with E-state index in [4.69, 9.17) is 4.74 Å². The predicted octanol–water partition coefficient (Wildman–Crippen LogP) is 3.89. The Morgan fingerprint density at radius 3 is 2.12 bits per heavy atom. The summed E-state index contributed by atoms with van der Waals surface area (Å²) < 4.78 is 45.3. The van der Waals surface area contributed by atoms with Gasteiger partial charge in [-0.3, -0.25) is 0 Å². The van der Waals surface area contributed by atoms with E-state index in [-0.39, 0.29) is 5.75 Å². The minimum atomic E-state index is -2.48. The second-order valence-corrected chi connectivity index (χ2v) is 2.96. The van der Waals surface area contributed by atoms with Gasteiger partial charge in [-0.1, -0.05) is 6.92 Å². The summed E-state index contributed by atoms with van der Waals surface area (Å²) in [5, 5.41) is 0. The Hall–Kier alpha value is -1.65. The fourth-order valence-corrected chi connectivity index (χ4v) is 0.966. The van der Waals surface area contributed by atoms with Crippen LogP contribution in [0.1, 0.15) is 13.3 Å². The molecule has 5 heteroatoms. The van der Waals surface area contributed by atoms with E-state index in [9.17, 15) is 13.2 Å². The Balaban J connectivity index is 2.61. The number of halogens is 3. The van der Waals surface area contributed by atoms with E-state index in [1.54, 1.807) is 0 Å². The second-order valence-electron chi connectivity index (χ2n) is 2.96. The molecule has 2 nitrogen and oxygen atoms in total. The molecule has 0 aliphatic carbocycles. The third-order valence-electron chi connectivity index (χ3n) is 1.65. The summed E-state index contributed by atoms with van der Waals surface area (Å²) in [5.74, 6) is 0.577. The molecule has 0 N–H and O–H groups in total. The van der Waals surface area contributed by atoms with E-state index >= 15 is 0 Å². The molecule has 0 atom stereocenters. The molecule has 0 fully saturated rings. The molecule has 0 heterocycles. The van der Waals surface area contributed by atoms with Crippen LogP contribution in [0.4, 0.5) is 13.2 Å². The quantitative estimate of drug-likeness (QED) is 0.717. The molecule has 0 saturated heterocycles. The van der Waals surface area contributed by atoms with Crippen LogP contribution in [-0.2, 0) is 0 Å². The maximum absolute atomic E-state index is 12.4. The molecule has 1 aromatic carbocycles. The first-order valence-corrected chi connectivity index (χ1v) is 4.75. The van der Waals surface area contributed by atoms with E-state index in [0.717, 1.165) is 6.42 Å². The maximum atomic E-state index is 12.4. The third kappa shape index (κ3) is 3.84. The molecular formula is C11H11F3O2. The fourth-order valence-electron chi connectivity index (χ4n) is 0.966. The maximum Gasteiger partial charge on any atom is 0.344 e. The van der Waals surface area contributed by atoms with Gasteiger partial charge in [0.15, 0.2) is 0 Å². The Morgan fingerprint density at radius 2 is 1.62 bits per heavy atom. The second kappa shape index (κ2) is 6.05. The monoisotopic (exact) mass is 232 g/mol. The van der Waals surface area contributed by atoms with E-state index in [1.807, 2.05) is 6.92 Å². The summed E-state index contributed by atoms with van der Waals surface area (Å²) in [6.45, 7) is 2.52. The van der Waals surface area contributed by atoms with Crippen LogP contribution < -0.4 is 9.47 Å². The van der Waals surface area contributed by atoms with Gasteiger partial charge >= 0.3 is 12.1 Å². The average Bonchev–Trinajstić information content (AvgIpc) is 2.28. The lowest BCUT2D eigenvalue weighted by molar-refractivity contribution is 0.241. The first-order valence-electron chi connectivity index (χ1n) is 4.75. The summed E-state index contributed by atoms with van der Waals surface area (Å²) in [6, 6.07) is 3.87. The molecule has 1 aromatic rings. The standard InChI is InChI=1S/C11H11F3O2/c1-2-7-15-8-3-5-9(6-4-8)16-11(14)10(12)13/h3-6H,2,7H2,1H3. The van der Waals surface area contributed by atoms with Gasteiger partial charge in [0.05, 0.1) is 6.61 Å². The van der Waals surface area contributed by atoms with Crippen molar-refractivity contribution in [1.82, 2.24) is 0 Å². The van der Waals surface area contributed by atoms with Gasteiger partial charge in [-0.15, -0.1) is 0 Å². The van der Waals surface area contributed by atoms with Crippen LogP contribution in [-0.4, -0.2) is 6.61 Å². The SMILES string of the molecule is CCCOc1ccc(OC(F)=C(F)F)cc1. The predicted molar refractivity (Wildman–Crippen MR) is 53.2 cm³/mol. The van der Waals surface area contributed by atoms with Crippen molar-refractivity contribution in [1.29, 1.82) is 0 Å². The zero-order chi connectivity index (χ0) is 12.0. The first-order chi connectivity index (χ1) is 7.63. The van der Waals surface area contributed by atoms with Crippen LogP contribution in [0.25, 0.3) is 0 Å². The lowest BCUT2D eigenvalue weighted by Gasteiger charge is -2.05. The van der Waals surface area contributed by atoms with Crippen LogP contribution in [0.2, 0.25) is 0 Å². The highest BCUT2D eigenvalue weighted by molar-refractivity contribution is 5.31. The van der Waals surface area contributed by atoms with Gasteiger partial charge in [-0.05, 0) is 30.7 Å². The van der Waals surface area contributed by atoms with Crippen LogP contribution in [0.15, 0.2) is 36.4 Å². The normalized spacial score (nSPS) is 9.75. The van der Waals surface area contributed by atoms with Crippen molar-refractivity contribution in [3.63, 3.8) is 0 Å². The Bertz CT molecular complexity index is 356. The molecule has 88 valence electrons. The highest BCUT2D eigenvalue weighted by Gasteiger charge is 2.07. The van der Waals surface area contributed by atoms with Gasteiger partial charge in [0, 0.05) is 0 Å². The number of rotatable bonds is 5. The molecule has 0 unspecified atom stereocenters. The smallest absolute Gasteiger partial charge is 0.344 e. The molecule has 0 bridgehead atoms. The number of benzene rings is 1. The number of ether oxygens (including phenoxy) is 2. The van der Waals surface area contributed by atoms with Crippen LogP contribution in [0.5, 0.6) is 11.5 Å². The van der Waals surface area contributed by atoms with E-state index < -0.39 is 12.1 Å². The summed E-state index contributed by atoms with van der Waals surface area (Å²) in [6.07, 6.45) is -1.62. The number of hydrogen-bond donors (Lipinski definition) is 0. The van der Waals surface area contributed by atoms with Crippen LogP contribution in [0, 0.1) is 0 Å². The van der Waals surface area contributed by atoms with Gasteiger partial charge < -0.3 is 9.47 Å². The van der Waals surface area contributed by atoms with Gasteiger partial charge in [-0.2, -0.15) is 13.2 Å². The summed E-state index contributed by atoms with van der Waals surface area (Å²) in [5.41, 5.74) is 0. The van der Waals surface area contributed by atoms with Crippen molar-refractivity contribution in [3.05, 3.63) is 36.4 Å². The Kier molecular flexibility index (Phi) is 4.69. The van der Waals surface area contributed by atoms with E-state index in [1.165, 1.54) is 24.3 Å². The molecule has 0 aliphatic heterocycles. The molecule has 0 aliphatic rings. The van der Waals surface area contributed by atoms with Crippen molar-refractivity contribution in [2.75, 3.05) is 6.61 Å². The highest BCUT2D eigenvalue weighted by atomic mass is 19.3. The van der Waals surface area contributed by atoms with E-state index in [0.29, 0.717) is 12.4 Å². The van der Waals surface area contributed by atoms with Gasteiger partial charge in [0.2, 0.25) is 0 Å². The first kappa shape index (κ1) is 12.4. The van der Waals surface area contributed by atoms with Crippen molar-refractivity contribution in [2.24, 2.45) is 0 Å². The van der Waals surface area contributed by atoms with Crippen LogP contribution >= 0.6 is 0 Å². The molecule has 0 radical (unpaired) electrons. The minimum Gasteiger partial charge on any atom is -0.494 e.